The third-order valence-corrected chi connectivity index (χ3v) is 1.88. The van der Waals surface area contributed by atoms with Crippen molar-refractivity contribution < 1.29 is 23.1 Å². The second kappa shape index (κ2) is 3.78. The topological polar surface area (TPSA) is 37.3 Å². The van der Waals surface area contributed by atoms with Crippen LogP contribution in [-0.2, 0) is 4.79 Å². The average Bonchev–Trinajstić information content (AvgIpc) is 1.86. The fraction of sp³-hybridized carbons (Fsp3) is 0.857. The van der Waals surface area contributed by atoms with E-state index < -0.39 is 24.0 Å². The summed E-state index contributed by atoms with van der Waals surface area (Å²) in [6, 6.07) is 0. The maximum absolute atomic E-state index is 12.0. The van der Waals surface area contributed by atoms with E-state index in [1.165, 1.54) is 6.92 Å². The quantitative estimate of drug-likeness (QED) is 0.730. The molecule has 0 aliphatic rings. The molecule has 0 bridgehead atoms. The van der Waals surface area contributed by atoms with Gasteiger partial charge in [-0.15, -0.1) is 0 Å². The van der Waals surface area contributed by atoms with E-state index >= 15 is 0 Å². The number of halogens is 3. The molecule has 5 heteroatoms. The summed E-state index contributed by atoms with van der Waals surface area (Å²) >= 11 is 0. The van der Waals surface area contributed by atoms with Crippen molar-refractivity contribution in [3.05, 3.63) is 0 Å². The van der Waals surface area contributed by atoms with Gasteiger partial charge in [-0.1, -0.05) is 13.8 Å². The number of alkyl halides is 3. The van der Waals surface area contributed by atoms with Gasteiger partial charge < -0.3 is 5.11 Å². The fourth-order valence-electron chi connectivity index (χ4n) is 0.970. The lowest BCUT2D eigenvalue weighted by Crippen LogP contribution is -2.32. The maximum Gasteiger partial charge on any atom is 0.392 e. The van der Waals surface area contributed by atoms with E-state index in [9.17, 15) is 18.0 Å². The first-order valence-electron chi connectivity index (χ1n) is 3.60. The van der Waals surface area contributed by atoms with E-state index in [-0.39, 0.29) is 6.42 Å². The largest absolute Gasteiger partial charge is 0.481 e. The second-order valence-electron chi connectivity index (χ2n) is 2.68. The summed E-state index contributed by atoms with van der Waals surface area (Å²) in [5, 5.41) is 8.41. The van der Waals surface area contributed by atoms with Crippen LogP contribution in [0.25, 0.3) is 0 Å². The number of carboxylic acids is 1. The monoisotopic (exact) mass is 184 g/mol. The SMILES string of the molecule is CCC(C(=O)O)C(C)C(F)(F)F. The molecule has 0 saturated heterocycles. The van der Waals surface area contributed by atoms with Gasteiger partial charge in [0.15, 0.2) is 0 Å². The van der Waals surface area contributed by atoms with Gasteiger partial charge in [-0.2, -0.15) is 13.2 Å². The van der Waals surface area contributed by atoms with Crippen molar-refractivity contribution in [3.63, 3.8) is 0 Å². The molecule has 0 saturated carbocycles. The minimum atomic E-state index is -4.42. The van der Waals surface area contributed by atoms with Gasteiger partial charge in [0, 0.05) is 0 Å². The minimum Gasteiger partial charge on any atom is -0.481 e. The second-order valence-corrected chi connectivity index (χ2v) is 2.68. The van der Waals surface area contributed by atoms with Gasteiger partial charge in [-0.25, -0.2) is 0 Å². The Labute approximate surface area is 68.4 Å². The maximum atomic E-state index is 12.0. The lowest BCUT2D eigenvalue weighted by atomic mass is 9.91. The standard InChI is InChI=1S/C7H11F3O2/c1-3-5(6(11)12)4(2)7(8,9)10/h4-5H,3H2,1-2H3,(H,11,12). The molecule has 0 heterocycles. The van der Waals surface area contributed by atoms with Crippen LogP contribution in [0.5, 0.6) is 0 Å². The third-order valence-electron chi connectivity index (χ3n) is 1.88. The Kier molecular flexibility index (Phi) is 3.55. The van der Waals surface area contributed by atoms with Gasteiger partial charge in [-0.3, -0.25) is 4.79 Å². The van der Waals surface area contributed by atoms with Crippen LogP contribution < -0.4 is 0 Å². The summed E-state index contributed by atoms with van der Waals surface area (Å²) in [5.41, 5.74) is 0. The Bertz CT molecular complexity index is 165. The fourth-order valence-corrected chi connectivity index (χ4v) is 0.970. The zero-order chi connectivity index (χ0) is 9.94. The van der Waals surface area contributed by atoms with E-state index in [0.717, 1.165) is 6.92 Å². The molecule has 72 valence electrons. The number of carbonyl (C=O) groups is 1. The van der Waals surface area contributed by atoms with E-state index in [2.05, 4.69) is 0 Å². The van der Waals surface area contributed by atoms with Gasteiger partial charge in [0.25, 0.3) is 0 Å². The number of hydrogen-bond donors (Lipinski definition) is 1. The molecule has 0 rings (SSSR count). The van der Waals surface area contributed by atoms with Crippen LogP contribution in [0.4, 0.5) is 13.2 Å². The highest BCUT2D eigenvalue weighted by Gasteiger charge is 2.43. The van der Waals surface area contributed by atoms with Crippen LogP contribution in [0, 0.1) is 11.8 Å². The molecule has 0 aromatic rings. The molecule has 0 spiro atoms. The first-order chi connectivity index (χ1) is 5.30. The zero-order valence-electron chi connectivity index (χ0n) is 6.85. The van der Waals surface area contributed by atoms with Gasteiger partial charge in [0.1, 0.15) is 0 Å². The molecule has 12 heavy (non-hydrogen) atoms. The molecule has 0 amide bonds. The van der Waals surface area contributed by atoms with Crippen LogP contribution in [0.2, 0.25) is 0 Å². The first kappa shape index (κ1) is 11.3. The molecular weight excluding hydrogens is 173 g/mol. The molecule has 0 aliphatic heterocycles. The molecule has 0 fully saturated rings. The third kappa shape index (κ3) is 2.71. The molecule has 2 unspecified atom stereocenters. The van der Waals surface area contributed by atoms with Crippen LogP contribution in [0.1, 0.15) is 20.3 Å². The summed E-state index contributed by atoms with van der Waals surface area (Å²) in [4.78, 5) is 10.3. The number of rotatable bonds is 3. The van der Waals surface area contributed by atoms with E-state index in [1.54, 1.807) is 0 Å². The Morgan fingerprint density at radius 1 is 1.50 bits per heavy atom. The highest BCUT2D eigenvalue weighted by molar-refractivity contribution is 5.70. The minimum absolute atomic E-state index is 0.00396. The molecule has 0 aliphatic carbocycles. The smallest absolute Gasteiger partial charge is 0.392 e. The molecule has 0 aromatic carbocycles. The van der Waals surface area contributed by atoms with Crippen molar-refractivity contribution >= 4 is 5.97 Å². The zero-order valence-corrected chi connectivity index (χ0v) is 6.85. The Morgan fingerprint density at radius 3 is 2.00 bits per heavy atom. The van der Waals surface area contributed by atoms with Crippen molar-refractivity contribution in [1.82, 2.24) is 0 Å². The van der Waals surface area contributed by atoms with Crippen molar-refractivity contribution in [1.29, 1.82) is 0 Å². The summed E-state index contributed by atoms with van der Waals surface area (Å²) in [7, 11) is 0. The number of hydrogen-bond acceptors (Lipinski definition) is 1. The summed E-state index contributed by atoms with van der Waals surface area (Å²) < 4.78 is 35.9. The summed E-state index contributed by atoms with van der Waals surface area (Å²) in [6.45, 7) is 2.32. The molecule has 2 atom stereocenters. The van der Waals surface area contributed by atoms with Crippen LogP contribution in [0.3, 0.4) is 0 Å². The van der Waals surface area contributed by atoms with Crippen LogP contribution in [-0.4, -0.2) is 17.3 Å². The summed E-state index contributed by atoms with van der Waals surface area (Å²) in [5.74, 6) is -4.49. The van der Waals surface area contributed by atoms with Gasteiger partial charge in [0.05, 0.1) is 11.8 Å². The Hall–Kier alpha value is -0.740. The number of carboxylic acid groups (broad SMARTS) is 1. The van der Waals surface area contributed by atoms with Gasteiger partial charge in [0.2, 0.25) is 0 Å². The van der Waals surface area contributed by atoms with Crippen molar-refractivity contribution in [2.24, 2.45) is 11.8 Å². The Morgan fingerprint density at radius 2 is 1.92 bits per heavy atom. The van der Waals surface area contributed by atoms with Crippen molar-refractivity contribution in [3.8, 4) is 0 Å². The first-order valence-corrected chi connectivity index (χ1v) is 3.60. The highest BCUT2D eigenvalue weighted by atomic mass is 19.4. The van der Waals surface area contributed by atoms with Crippen LogP contribution >= 0.6 is 0 Å². The number of aliphatic carboxylic acids is 1. The highest BCUT2D eigenvalue weighted by Crippen LogP contribution is 2.33. The van der Waals surface area contributed by atoms with Crippen LogP contribution in [0.15, 0.2) is 0 Å². The molecule has 0 radical (unpaired) electrons. The van der Waals surface area contributed by atoms with Crippen molar-refractivity contribution in [2.75, 3.05) is 0 Å². The lowest BCUT2D eigenvalue weighted by Gasteiger charge is -2.21. The normalized spacial score (nSPS) is 17.1. The Balaban J connectivity index is 4.42. The van der Waals surface area contributed by atoms with Gasteiger partial charge in [-0.05, 0) is 6.42 Å². The summed E-state index contributed by atoms with van der Waals surface area (Å²) in [6.07, 6.45) is -4.42. The molecule has 0 aromatic heterocycles. The van der Waals surface area contributed by atoms with E-state index in [1.807, 2.05) is 0 Å². The average molecular weight is 184 g/mol. The van der Waals surface area contributed by atoms with Crippen molar-refractivity contribution in [2.45, 2.75) is 26.4 Å². The molecular formula is C7H11F3O2. The van der Waals surface area contributed by atoms with Gasteiger partial charge >= 0.3 is 12.1 Å². The molecule has 1 N–H and O–H groups in total. The predicted molar refractivity (Wildman–Crippen MR) is 36.6 cm³/mol. The van der Waals surface area contributed by atoms with E-state index in [4.69, 9.17) is 5.11 Å². The lowest BCUT2D eigenvalue weighted by molar-refractivity contribution is -0.192. The van der Waals surface area contributed by atoms with E-state index in [0.29, 0.717) is 0 Å². The molecule has 2 nitrogen and oxygen atoms in total. The predicted octanol–water partition coefficient (Wildman–Crippen LogP) is 2.30.